The van der Waals surface area contributed by atoms with Crippen LogP contribution in [0.2, 0.25) is 5.02 Å². The van der Waals surface area contributed by atoms with E-state index in [1.54, 1.807) is 0 Å². The van der Waals surface area contributed by atoms with Crippen LogP contribution in [0, 0.1) is 6.92 Å². The molecule has 0 bridgehead atoms. The van der Waals surface area contributed by atoms with Gasteiger partial charge in [0.1, 0.15) is 5.82 Å². The molecule has 1 fully saturated rings. The van der Waals surface area contributed by atoms with Gasteiger partial charge in [-0.3, -0.25) is 0 Å². The zero-order chi connectivity index (χ0) is 12.0. The van der Waals surface area contributed by atoms with Crippen molar-refractivity contribution in [3.05, 3.63) is 28.5 Å². The van der Waals surface area contributed by atoms with Gasteiger partial charge < -0.3 is 4.98 Å². The summed E-state index contributed by atoms with van der Waals surface area (Å²) in [7, 11) is 0. The standard InChI is InChI=1S/C13H15ClN2S/c1-8-9(14)4-5-10-11(8)16-12(15-10)13(2)6-3-7-17-13/h4-5H,3,6-7H2,1-2H3,(H,15,16). The molecule has 3 rings (SSSR count). The third-order valence-corrected chi connectivity index (χ3v) is 5.50. The summed E-state index contributed by atoms with van der Waals surface area (Å²) < 4.78 is 0.151. The minimum Gasteiger partial charge on any atom is -0.341 e. The summed E-state index contributed by atoms with van der Waals surface area (Å²) in [6, 6.07) is 3.95. The van der Waals surface area contributed by atoms with E-state index in [1.807, 2.05) is 30.8 Å². The summed E-state index contributed by atoms with van der Waals surface area (Å²) in [5, 5.41) is 0.791. The van der Waals surface area contributed by atoms with Crippen LogP contribution < -0.4 is 0 Å². The molecule has 17 heavy (non-hydrogen) atoms. The Balaban J connectivity index is 2.17. The molecule has 0 amide bonds. The summed E-state index contributed by atoms with van der Waals surface area (Å²) in [6.07, 6.45) is 2.47. The monoisotopic (exact) mass is 266 g/mol. The molecule has 1 saturated heterocycles. The number of aryl methyl sites for hydroxylation is 1. The molecule has 0 saturated carbocycles. The maximum Gasteiger partial charge on any atom is 0.123 e. The van der Waals surface area contributed by atoms with Gasteiger partial charge in [0.25, 0.3) is 0 Å². The number of H-pyrrole nitrogens is 1. The molecule has 2 aromatic rings. The first kappa shape index (κ1) is 11.4. The van der Waals surface area contributed by atoms with Crippen molar-refractivity contribution in [1.82, 2.24) is 9.97 Å². The predicted octanol–water partition coefficient (Wildman–Crippen LogP) is 4.27. The van der Waals surface area contributed by atoms with E-state index in [4.69, 9.17) is 16.6 Å². The van der Waals surface area contributed by atoms with E-state index in [0.717, 1.165) is 27.4 Å². The van der Waals surface area contributed by atoms with Crippen molar-refractivity contribution in [1.29, 1.82) is 0 Å². The number of thioether (sulfide) groups is 1. The Morgan fingerprint density at radius 3 is 3.00 bits per heavy atom. The molecule has 0 radical (unpaired) electrons. The van der Waals surface area contributed by atoms with Gasteiger partial charge in [-0.1, -0.05) is 11.6 Å². The van der Waals surface area contributed by atoms with E-state index >= 15 is 0 Å². The van der Waals surface area contributed by atoms with E-state index in [0.29, 0.717) is 0 Å². The van der Waals surface area contributed by atoms with Crippen LogP contribution in [-0.4, -0.2) is 15.7 Å². The van der Waals surface area contributed by atoms with Gasteiger partial charge in [-0.05, 0) is 50.1 Å². The molecule has 1 aliphatic heterocycles. The number of hydrogen-bond donors (Lipinski definition) is 1. The summed E-state index contributed by atoms with van der Waals surface area (Å²) in [5.41, 5.74) is 3.18. The quantitative estimate of drug-likeness (QED) is 0.835. The number of aromatic nitrogens is 2. The molecule has 90 valence electrons. The lowest BCUT2D eigenvalue weighted by molar-refractivity contribution is 0.614. The fraction of sp³-hybridized carbons (Fsp3) is 0.462. The van der Waals surface area contributed by atoms with Crippen LogP contribution in [0.5, 0.6) is 0 Å². The Morgan fingerprint density at radius 1 is 1.47 bits per heavy atom. The van der Waals surface area contributed by atoms with Crippen LogP contribution in [0.15, 0.2) is 12.1 Å². The molecule has 1 aliphatic rings. The van der Waals surface area contributed by atoms with Crippen molar-refractivity contribution in [2.45, 2.75) is 31.4 Å². The fourth-order valence-electron chi connectivity index (χ4n) is 2.40. The van der Waals surface area contributed by atoms with Crippen LogP contribution in [0.3, 0.4) is 0 Å². The number of fused-ring (bicyclic) bond motifs is 1. The maximum atomic E-state index is 6.13. The van der Waals surface area contributed by atoms with Crippen LogP contribution in [0.25, 0.3) is 11.0 Å². The van der Waals surface area contributed by atoms with Crippen molar-refractivity contribution >= 4 is 34.4 Å². The molecule has 1 aromatic heterocycles. The van der Waals surface area contributed by atoms with Gasteiger partial charge in [-0.15, -0.1) is 11.8 Å². The van der Waals surface area contributed by atoms with E-state index in [9.17, 15) is 0 Å². The normalized spacial score (nSPS) is 24.6. The molecule has 0 aliphatic carbocycles. The Bertz CT molecular complexity index is 570. The third-order valence-electron chi connectivity index (χ3n) is 3.56. The first-order valence-corrected chi connectivity index (χ1v) is 7.26. The maximum absolute atomic E-state index is 6.13. The molecule has 1 atom stereocenters. The Hall–Kier alpha value is -0.670. The smallest absolute Gasteiger partial charge is 0.123 e. The van der Waals surface area contributed by atoms with Gasteiger partial charge in [-0.25, -0.2) is 4.98 Å². The van der Waals surface area contributed by atoms with Crippen molar-refractivity contribution in [2.75, 3.05) is 5.75 Å². The number of aromatic amines is 1. The largest absolute Gasteiger partial charge is 0.341 e. The zero-order valence-corrected chi connectivity index (χ0v) is 11.6. The first-order chi connectivity index (χ1) is 8.10. The number of imidazole rings is 1. The van der Waals surface area contributed by atoms with Crippen LogP contribution >= 0.6 is 23.4 Å². The first-order valence-electron chi connectivity index (χ1n) is 5.89. The number of rotatable bonds is 1. The van der Waals surface area contributed by atoms with Crippen LogP contribution in [0.4, 0.5) is 0 Å². The second-order valence-corrected chi connectivity index (χ2v) is 6.84. The average molecular weight is 267 g/mol. The Kier molecular flexibility index (Phi) is 2.64. The lowest BCUT2D eigenvalue weighted by Gasteiger charge is -2.19. The highest BCUT2D eigenvalue weighted by atomic mass is 35.5. The summed E-state index contributed by atoms with van der Waals surface area (Å²) in [6.45, 7) is 4.30. The summed E-state index contributed by atoms with van der Waals surface area (Å²) in [5.74, 6) is 2.33. The number of hydrogen-bond acceptors (Lipinski definition) is 2. The van der Waals surface area contributed by atoms with Gasteiger partial charge in [0, 0.05) is 5.02 Å². The molecule has 0 spiro atoms. The number of nitrogens with one attached hydrogen (secondary N) is 1. The van der Waals surface area contributed by atoms with E-state index in [-0.39, 0.29) is 4.75 Å². The van der Waals surface area contributed by atoms with E-state index < -0.39 is 0 Å². The van der Waals surface area contributed by atoms with Crippen molar-refractivity contribution in [2.24, 2.45) is 0 Å². The van der Waals surface area contributed by atoms with Crippen molar-refractivity contribution in [3.8, 4) is 0 Å². The molecule has 1 unspecified atom stereocenters. The zero-order valence-electron chi connectivity index (χ0n) is 10.0. The van der Waals surface area contributed by atoms with E-state index in [1.165, 1.54) is 18.6 Å². The average Bonchev–Trinajstić information content (AvgIpc) is 2.91. The Morgan fingerprint density at radius 2 is 2.29 bits per heavy atom. The molecule has 2 heterocycles. The topological polar surface area (TPSA) is 28.7 Å². The molecular formula is C13H15ClN2S. The van der Waals surface area contributed by atoms with Crippen molar-refractivity contribution in [3.63, 3.8) is 0 Å². The van der Waals surface area contributed by atoms with Crippen LogP contribution in [-0.2, 0) is 4.75 Å². The van der Waals surface area contributed by atoms with Crippen molar-refractivity contribution < 1.29 is 0 Å². The number of halogens is 1. The lowest BCUT2D eigenvalue weighted by atomic mass is 10.1. The molecule has 1 N–H and O–H groups in total. The SMILES string of the molecule is Cc1c(Cl)ccc2[nH]c(C3(C)CCCS3)nc12. The lowest BCUT2D eigenvalue weighted by Crippen LogP contribution is -2.14. The number of benzene rings is 1. The van der Waals surface area contributed by atoms with Gasteiger partial charge in [0.05, 0.1) is 15.8 Å². The summed E-state index contributed by atoms with van der Waals surface area (Å²) in [4.78, 5) is 8.22. The summed E-state index contributed by atoms with van der Waals surface area (Å²) >= 11 is 8.13. The van der Waals surface area contributed by atoms with E-state index in [2.05, 4.69) is 11.9 Å². The predicted molar refractivity (Wildman–Crippen MR) is 74.9 cm³/mol. The van der Waals surface area contributed by atoms with Gasteiger partial charge in [-0.2, -0.15) is 0 Å². The fourth-order valence-corrected chi connectivity index (χ4v) is 3.82. The third kappa shape index (κ3) is 1.76. The highest BCUT2D eigenvalue weighted by molar-refractivity contribution is 8.00. The second kappa shape index (κ2) is 3.92. The molecule has 2 nitrogen and oxygen atoms in total. The minimum atomic E-state index is 0.151. The highest BCUT2D eigenvalue weighted by Crippen LogP contribution is 2.45. The molecular weight excluding hydrogens is 252 g/mol. The highest BCUT2D eigenvalue weighted by Gasteiger charge is 2.34. The molecule has 1 aromatic carbocycles. The van der Waals surface area contributed by atoms with Crippen LogP contribution in [0.1, 0.15) is 31.2 Å². The van der Waals surface area contributed by atoms with Gasteiger partial charge >= 0.3 is 0 Å². The second-order valence-electron chi connectivity index (χ2n) is 4.84. The minimum absolute atomic E-state index is 0.151. The Labute approximate surface area is 110 Å². The number of nitrogens with zero attached hydrogens (tertiary/aromatic N) is 1. The van der Waals surface area contributed by atoms with Gasteiger partial charge in [0.15, 0.2) is 0 Å². The molecule has 4 heteroatoms. The van der Waals surface area contributed by atoms with Gasteiger partial charge in [0.2, 0.25) is 0 Å².